The van der Waals surface area contributed by atoms with Gasteiger partial charge in [0, 0.05) is 31.0 Å². The first-order valence-corrected chi connectivity index (χ1v) is 9.10. The molecule has 1 amide bonds. The molecule has 0 unspecified atom stereocenters. The van der Waals surface area contributed by atoms with E-state index in [0.717, 1.165) is 11.3 Å². The van der Waals surface area contributed by atoms with E-state index in [4.69, 9.17) is 14.0 Å². The number of amides is 1. The van der Waals surface area contributed by atoms with Crippen LogP contribution in [0.25, 0.3) is 11.4 Å². The second kappa shape index (κ2) is 8.08. The van der Waals surface area contributed by atoms with Crippen LogP contribution in [0, 0.1) is 0 Å². The molecule has 0 radical (unpaired) electrons. The quantitative estimate of drug-likeness (QED) is 0.622. The summed E-state index contributed by atoms with van der Waals surface area (Å²) in [7, 11) is 0. The molecule has 1 fully saturated rings. The Hall–Kier alpha value is -3.42. The van der Waals surface area contributed by atoms with E-state index in [2.05, 4.69) is 15.1 Å². The lowest BCUT2D eigenvalue weighted by Gasteiger charge is -2.36. The molecule has 144 valence electrons. The number of likely N-dealkylation sites (tertiary alicyclic amines) is 1. The van der Waals surface area contributed by atoms with Gasteiger partial charge in [0.15, 0.2) is 6.61 Å². The summed E-state index contributed by atoms with van der Waals surface area (Å²) < 4.78 is 16.3. The maximum Gasteiger partial charge on any atom is 0.260 e. The normalized spacial score (nSPS) is 13.8. The molecule has 4 rings (SSSR count). The van der Waals surface area contributed by atoms with Gasteiger partial charge < -0.3 is 18.9 Å². The second-order valence-electron chi connectivity index (χ2n) is 6.38. The van der Waals surface area contributed by atoms with Gasteiger partial charge in [-0.05, 0) is 43.3 Å². The Kier molecular flexibility index (Phi) is 5.18. The van der Waals surface area contributed by atoms with E-state index in [-0.39, 0.29) is 18.4 Å². The Morgan fingerprint density at radius 3 is 2.46 bits per heavy atom. The van der Waals surface area contributed by atoms with E-state index in [1.165, 1.54) is 0 Å². The molecule has 0 saturated carbocycles. The molecule has 1 saturated heterocycles. The molecule has 28 heavy (non-hydrogen) atoms. The zero-order chi connectivity index (χ0) is 19.3. The molecular formula is C20H20N4O4. The average Bonchev–Trinajstić information content (AvgIpc) is 3.17. The fourth-order valence-electron chi connectivity index (χ4n) is 2.89. The predicted molar refractivity (Wildman–Crippen MR) is 100.0 cm³/mol. The van der Waals surface area contributed by atoms with Crippen LogP contribution in [0.3, 0.4) is 0 Å². The molecular weight excluding hydrogens is 360 g/mol. The highest BCUT2D eigenvalue weighted by atomic mass is 16.5. The van der Waals surface area contributed by atoms with Crippen LogP contribution in [0.2, 0.25) is 0 Å². The van der Waals surface area contributed by atoms with E-state index in [1.807, 2.05) is 31.2 Å². The van der Waals surface area contributed by atoms with Crippen molar-refractivity contribution in [3.8, 4) is 22.9 Å². The van der Waals surface area contributed by atoms with E-state index in [9.17, 15) is 4.79 Å². The molecule has 8 heteroatoms. The molecule has 3 heterocycles. The SMILES string of the molecule is CCOc1ccc(OCC(=O)N2CC(c3nc(-c4ccncc4)no3)C2)cc1. The maximum absolute atomic E-state index is 12.3. The number of ether oxygens (including phenoxy) is 2. The molecule has 0 aliphatic carbocycles. The van der Waals surface area contributed by atoms with Gasteiger partial charge in [-0.1, -0.05) is 5.16 Å². The Balaban J connectivity index is 1.26. The number of carbonyl (C=O) groups excluding carboxylic acids is 1. The molecule has 0 spiro atoms. The van der Waals surface area contributed by atoms with Crippen LogP contribution in [0.15, 0.2) is 53.3 Å². The van der Waals surface area contributed by atoms with E-state index >= 15 is 0 Å². The minimum absolute atomic E-state index is 0.00714. The zero-order valence-corrected chi connectivity index (χ0v) is 15.4. The highest BCUT2D eigenvalue weighted by Gasteiger charge is 2.35. The van der Waals surface area contributed by atoms with Gasteiger partial charge in [0.25, 0.3) is 5.91 Å². The number of nitrogens with zero attached hydrogens (tertiary/aromatic N) is 4. The summed E-state index contributed by atoms with van der Waals surface area (Å²) in [5.41, 5.74) is 0.848. The predicted octanol–water partition coefficient (Wildman–Crippen LogP) is 2.54. The van der Waals surface area contributed by atoms with Gasteiger partial charge in [0.1, 0.15) is 11.5 Å². The second-order valence-corrected chi connectivity index (χ2v) is 6.38. The van der Waals surface area contributed by atoms with E-state index < -0.39 is 0 Å². The summed E-state index contributed by atoms with van der Waals surface area (Å²) in [6, 6.07) is 10.9. The molecule has 0 atom stereocenters. The van der Waals surface area contributed by atoms with Crippen LogP contribution < -0.4 is 9.47 Å². The van der Waals surface area contributed by atoms with Gasteiger partial charge in [-0.15, -0.1) is 0 Å². The highest BCUT2D eigenvalue weighted by Crippen LogP contribution is 2.27. The first-order valence-electron chi connectivity index (χ1n) is 9.10. The summed E-state index contributed by atoms with van der Waals surface area (Å²) in [4.78, 5) is 22.4. The Bertz CT molecular complexity index is 921. The third kappa shape index (κ3) is 3.95. The monoisotopic (exact) mass is 380 g/mol. The summed E-state index contributed by atoms with van der Waals surface area (Å²) in [6.45, 7) is 3.62. The van der Waals surface area contributed by atoms with E-state index in [0.29, 0.717) is 37.2 Å². The van der Waals surface area contributed by atoms with Gasteiger partial charge in [0.05, 0.1) is 12.5 Å². The van der Waals surface area contributed by atoms with Crippen molar-refractivity contribution in [1.29, 1.82) is 0 Å². The molecule has 2 aromatic heterocycles. The van der Waals surface area contributed by atoms with E-state index in [1.54, 1.807) is 29.4 Å². The summed E-state index contributed by atoms with van der Waals surface area (Å²) in [5, 5.41) is 4.00. The van der Waals surface area contributed by atoms with Crippen LogP contribution in [0.5, 0.6) is 11.5 Å². The van der Waals surface area contributed by atoms with Crippen molar-refractivity contribution >= 4 is 5.91 Å². The van der Waals surface area contributed by atoms with Crippen LogP contribution in [-0.2, 0) is 4.79 Å². The van der Waals surface area contributed by atoms with Crippen LogP contribution in [0.1, 0.15) is 18.7 Å². The number of carbonyl (C=O) groups is 1. The van der Waals surface area contributed by atoms with Crippen LogP contribution in [-0.4, -0.2) is 52.2 Å². The maximum atomic E-state index is 12.3. The van der Waals surface area contributed by atoms with Crippen molar-refractivity contribution < 1.29 is 18.8 Å². The minimum atomic E-state index is -0.0704. The summed E-state index contributed by atoms with van der Waals surface area (Å²) >= 11 is 0. The molecule has 3 aromatic rings. The third-order valence-electron chi connectivity index (χ3n) is 4.46. The Morgan fingerprint density at radius 2 is 1.79 bits per heavy atom. The van der Waals surface area contributed by atoms with Crippen molar-refractivity contribution in [3.63, 3.8) is 0 Å². The van der Waals surface area contributed by atoms with Crippen molar-refractivity contribution in [2.24, 2.45) is 0 Å². The first kappa shape index (κ1) is 18.0. The third-order valence-corrected chi connectivity index (χ3v) is 4.46. The van der Waals surface area contributed by atoms with Gasteiger partial charge >= 0.3 is 0 Å². The average molecular weight is 380 g/mol. The molecule has 1 aromatic carbocycles. The Labute approximate surface area is 162 Å². The lowest BCUT2D eigenvalue weighted by molar-refractivity contribution is -0.138. The van der Waals surface area contributed by atoms with Crippen molar-refractivity contribution in [2.45, 2.75) is 12.8 Å². The fraction of sp³-hybridized carbons (Fsp3) is 0.300. The number of aromatic nitrogens is 3. The number of rotatable bonds is 7. The lowest BCUT2D eigenvalue weighted by Crippen LogP contribution is -2.50. The fourth-order valence-corrected chi connectivity index (χ4v) is 2.89. The van der Waals surface area contributed by atoms with Gasteiger partial charge in [-0.3, -0.25) is 9.78 Å². The molecule has 1 aliphatic heterocycles. The van der Waals surface area contributed by atoms with Crippen molar-refractivity contribution in [1.82, 2.24) is 20.0 Å². The molecule has 0 bridgehead atoms. The Morgan fingerprint density at radius 1 is 1.11 bits per heavy atom. The smallest absolute Gasteiger partial charge is 0.260 e. The molecule has 8 nitrogen and oxygen atoms in total. The standard InChI is InChI=1S/C20H20N4O4/c1-2-26-16-3-5-17(6-4-16)27-13-18(25)24-11-15(12-24)20-22-19(23-28-20)14-7-9-21-10-8-14/h3-10,15H,2,11-13H2,1H3. The number of hydrogen-bond donors (Lipinski definition) is 0. The lowest BCUT2D eigenvalue weighted by atomic mass is 10.0. The first-order chi connectivity index (χ1) is 13.7. The number of benzene rings is 1. The topological polar surface area (TPSA) is 90.6 Å². The summed E-state index contributed by atoms with van der Waals surface area (Å²) in [6.07, 6.45) is 3.36. The highest BCUT2D eigenvalue weighted by molar-refractivity contribution is 5.78. The van der Waals surface area contributed by atoms with Crippen LogP contribution in [0.4, 0.5) is 0 Å². The van der Waals surface area contributed by atoms with Gasteiger partial charge in [-0.2, -0.15) is 4.98 Å². The van der Waals surface area contributed by atoms with Crippen molar-refractivity contribution in [3.05, 3.63) is 54.7 Å². The number of pyridine rings is 1. The molecule has 0 N–H and O–H groups in total. The van der Waals surface area contributed by atoms with Crippen LogP contribution >= 0.6 is 0 Å². The largest absolute Gasteiger partial charge is 0.494 e. The van der Waals surface area contributed by atoms with Gasteiger partial charge in [0.2, 0.25) is 11.7 Å². The minimum Gasteiger partial charge on any atom is -0.494 e. The zero-order valence-electron chi connectivity index (χ0n) is 15.4. The summed E-state index contributed by atoms with van der Waals surface area (Å²) in [5.74, 6) is 2.46. The van der Waals surface area contributed by atoms with Crippen molar-refractivity contribution in [2.75, 3.05) is 26.3 Å². The number of hydrogen-bond acceptors (Lipinski definition) is 7. The van der Waals surface area contributed by atoms with Gasteiger partial charge in [-0.25, -0.2) is 0 Å². The molecule has 1 aliphatic rings.